The normalized spacial score (nSPS) is 18.8. The molecule has 0 saturated carbocycles. The Morgan fingerprint density at radius 1 is 1.38 bits per heavy atom. The lowest BCUT2D eigenvalue weighted by Crippen LogP contribution is -2.41. The number of carbonyl (C=O) groups excluding carboxylic acids is 1. The van der Waals surface area contributed by atoms with Gasteiger partial charge < -0.3 is 4.90 Å². The van der Waals surface area contributed by atoms with E-state index in [1.165, 1.54) is 10.6 Å². The van der Waals surface area contributed by atoms with Crippen LogP contribution in [0.3, 0.4) is 0 Å². The summed E-state index contributed by atoms with van der Waals surface area (Å²) < 4.78 is 25.5. The second-order valence-corrected chi connectivity index (χ2v) is 8.91. The Labute approximate surface area is 145 Å². The molecule has 6 heteroatoms. The summed E-state index contributed by atoms with van der Waals surface area (Å²) in [6, 6.07) is 7.80. The average molecular weight is 353 g/mol. The van der Waals surface area contributed by atoms with Crippen molar-refractivity contribution >= 4 is 15.9 Å². The third kappa shape index (κ3) is 5.60. The molecule has 1 aromatic rings. The highest BCUT2D eigenvalue weighted by atomic mass is 32.2. The second kappa shape index (κ2) is 8.12. The second-order valence-electron chi connectivity index (χ2n) is 6.92. The number of sulfonamides is 1. The number of aryl methyl sites for hydroxylation is 1. The molecule has 1 aromatic carbocycles. The molecule has 1 atom stereocenters. The fourth-order valence-corrected chi connectivity index (χ4v) is 3.98. The van der Waals surface area contributed by atoms with Crippen LogP contribution < -0.4 is 0 Å². The van der Waals surface area contributed by atoms with Gasteiger partial charge in [-0.3, -0.25) is 4.79 Å². The molecule has 1 amide bonds. The number of benzene rings is 1. The molecule has 1 saturated heterocycles. The molecule has 0 aromatic heterocycles. The van der Waals surface area contributed by atoms with E-state index in [1.807, 2.05) is 36.1 Å². The van der Waals surface area contributed by atoms with Crippen LogP contribution >= 0.6 is 0 Å². The first-order valence-electron chi connectivity index (χ1n) is 8.54. The summed E-state index contributed by atoms with van der Waals surface area (Å²) >= 11 is 0. The number of piperidine rings is 1. The molecule has 1 fully saturated rings. The van der Waals surface area contributed by atoms with Crippen LogP contribution in [-0.4, -0.2) is 49.4 Å². The van der Waals surface area contributed by atoms with Crippen LogP contribution in [0.5, 0.6) is 0 Å². The number of rotatable bonds is 6. The van der Waals surface area contributed by atoms with E-state index < -0.39 is 10.0 Å². The number of hydrogen-bond donors (Lipinski definition) is 0. The number of carbonyl (C=O) groups is 1. The smallest absolute Gasteiger partial charge is 0.223 e. The molecule has 1 heterocycles. The molecule has 0 N–H and O–H groups in total. The van der Waals surface area contributed by atoms with Crippen molar-refractivity contribution in [3.8, 4) is 0 Å². The molecular weight excluding hydrogens is 324 g/mol. The first kappa shape index (κ1) is 18.9. The number of hydrogen-bond acceptors (Lipinski definition) is 3. The highest BCUT2D eigenvalue weighted by Gasteiger charge is 2.23. The maximum absolute atomic E-state index is 12.4. The highest BCUT2D eigenvalue weighted by Crippen LogP contribution is 2.17. The van der Waals surface area contributed by atoms with Gasteiger partial charge in [0, 0.05) is 32.6 Å². The Morgan fingerprint density at radius 3 is 2.75 bits per heavy atom. The summed E-state index contributed by atoms with van der Waals surface area (Å²) in [4.78, 5) is 14.3. The van der Waals surface area contributed by atoms with Crippen molar-refractivity contribution in [2.75, 3.05) is 25.9 Å². The van der Waals surface area contributed by atoms with Crippen molar-refractivity contribution in [1.29, 1.82) is 0 Å². The maximum atomic E-state index is 12.4. The van der Waals surface area contributed by atoms with Gasteiger partial charge in [-0.2, -0.15) is 4.31 Å². The molecule has 5 nitrogen and oxygen atoms in total. The standard InChI is InChI=1S/C18H28N2O3S/c1-15-6-4-8-17(12-15)14-20(24(3,22)23)11-9-18(21)19-10-5-7-16(2)13-19/h4,6,8,12,16H,5,7,9-11,13-14H2,1-3H3. The molecule has 134 valence electrons. The molecule has 0 bridgehead atoms. The zero-order chi connectivity index (χ0) is 17.7. The molecule has 2 rings (SSSR count). The molecule has 1 aliphatic heterocycles. The van der Waals surface area contributed by atoms with Gasteiger partial charge in [0.05, 0.1) is 6.26 Å². The predicted molar refractivity (Wildman–Crippen MR) is 96.0 cm³/mol. The molecule has 1 aliphatic rings. The number of nitrogens with zero attached hydrogens (tertiary/aromatic N) is 2. The molecule has 1 unspecified atom stereocenters. The van der Waals surface area contributed by atoms with Gasteiger partial charge in [-0.15, -0.1) is 0 Å². The minimum atomic E-state index is -3.35. The molecule has 0 spiro atoms. The largest absolute Gasteiger partial charge is 0.342 e. The number of amides is 1. The monoisotopic (exact) mass is 352 g/mol. The minimum absolute atomic E-state index is 0.0550. The van der Waals surface area contributed by atoms with Gasteiger partial charge in [-0.05, 0) is 31.2 Å². The van der Waals surface area contributed by atoms with Crippen LogP contribution in [0.25, 0.3) is 0 Å². The maximum Gasteiger partial charge on any atom is 0.223 e. The van der Waals surface area contributed by atoms with Gasteiger partial charge in [-0.25, -0.2) is 8.42 Å². The SMILES string of the molecule is Cc1cccc(CN(CCC(=O)N2CCCC(C)C2)S(C)(=O)=O)c1. The van der Waals surface area contributed by atoms with E-state index in [9.17, 15) is 13.2 Å². The Morgan fingerprint density at radius 2 is 2.12 bits per heavy atom. The first-order chi connectivity index (χ1) is 11.3. The van der Waals surface area contributed by atoms with Crippen molar-refractivity contribution in [3.63, 3.8) is 0 Å². The molecular formula is C18H28N2O3S. The molecule has 0 radical (unpaired) electrons. The quantitative estimate of drug-likeness (QED) is 0.790. The third-order valence-electron chi connectivity index (χ3n) is 4.50. The zero-order valence-corrected chi connectivity index (χ0v) is 15.7. The third-order valence-corrected chi connectivity index (χ3v) is 5.74. The van der Waals surface area contributed by atoms with Gasteiger partial charge in [0.15, 0.2) is 0 Å². The van der Waals surface area contributed by atoms with E-state index in [2.05, 4.69) is 6.92 Å². The zero-order valence-electron chi connectivity index (χ0n) is 14.9. The van der Waals surface area contributed by atoms with Crippen molar-refractivity contribution in [2.24, 2.45) is 5.92 Å². The summed E-state index contributed by atoms with van der Waals surface area (Å²) in [6.45, 7) is 6.26. The predicted octanol–water partition coefficient (Wildman–Crippen LogP) is 2.41. The highest BCUT2D eigenvalue weighted by molar-refractivity contribution is 7.88. The summed E-state index contributed by atoms with van der Waals surface area (Å²) in [7, 11) is -3.35. The van der Waals surface area contributed by atoms with Crippen LogP contribution in [0, 0.1) is 12.8 Å². The lowest BCUT2D eigenvalue weighted by molar-refractivity contribution is -0.133. The Bertz CT molecular complexity index is 673. The lowest BCUT2D eigenvalue weighted by Gasteiger charge is -2.31. The molecule has 0 aliphatic carbocycles. The van der Waals surface area contributed by atoms with E-state index in [-0.39, 0.29) is 18.9 Å². The van der Waals surface area contributed by atoms with Gasteiger partial charge in [0.2, 0.25) is 15.9 Å². The minimum Gasteiger partial charge on any atom is -0.342 e. The topological polar surface area (TPSA) is 57.7 Å². The average Bonchev–Trinajstić information content (AvgIpc) is 2.50. The van der Waals surface area contributed by atoms with E-state index in [0.29, 0.717) is 12.5 Å². The van der Waals surface area contributed by atoms with Crippen LogP contribution in [-0.2, 0) is 21.4 Å². The van der Waals surface area contributed by atoms with E-state index in [0.717, 1.165) is 37.1 Å². The fraction of sp³-hybridized carbons (Fsp3) is 0.611. The van der Waals surface area contributed by atoms with Crippen molar-refractivity contribution in [1.82, 2.24) is 9.21 Å². The summed E-state index contributed by atoms with van der Waals surface area (Å²) in [6.07, 6.45) is 3.64. The summed E-state index contributed by atoms with van der Waals surface area (Å²) in [5.74, 6) is 0.584. The number of likely N-dealkylation sites (tertiary alicyclic amines) is 1. The Hall–Kier alpha value is -1.40. The summed E-state index contributed by atoms with van der Waals surface area (Å²) in [5, 5.41) is 0. The molecule has 24 heavy (non-hydrogen) atoms. The summed E-state index contributed by atoms with van der Waals surface area (Å²) in [5.41, 5.74) is 2.04. The lowest BCUT2D eigenvalue weighted by atomic mass is 10.00. The first-order valence-corrected chi connectivity index (χ1v) is 10.4. The van der Waals surface area contributed by atoms with Crippen LogP contribution in [0.1, 0.15) is 37.3 Å². The Balaban J connectivity index is 1.98. The van der Waals surface area contributed by atoms with E-state index in [4.69, 9.17) is 0 Å². The van der Waals surface area contributed by atoms with E-state index >= 15 is 0 Å². The van der Waals surface area contributed by atoms with Crippen molar-refractivity contribution in [2.45, 2.75) is 39.7 Å². The van der Waals surface area contributed by atoms with Crippen LogP contribution in [0.15, 0.2) is 24.3 Å². The van der Waals surface area contributed by atoms with Crippen LogP contribution in [0.4, 0.5) is 0 Å². The fourth-order valence-electron chi connectivity index (χ4n) is 3.17. The Kier molecular flexibility index (Phi) is 6.40. The van der Waals surface area contributed by atoms with Gasteiger partial charge in [0.1, 0.15) is 0 Å². The van der Waals surface area contributed by atoms with E-state index in [1.54, 1.807) is 0 Å². The van der Waals surface area contributed by atoms with Gasteiger partial charge in [0.25, 0.3) is 0 Å². The van der Waals surface area contributed by atoms with Gasteiger partial charge in [-0.1, -0.05) is 36.8 Å². The van der Waals surface area contributed by atoms with Crippen molar-refractivity contribution < 1.29 is 13.2 Å². The van der Waals surface area contributed by atoms with Gasteiger partial charge >= 0.3 is 0 Å². The van der Waals surface area contributed by atoms with Crippen LogP contribution in [0.2, 0.25) is 0 Å². The van der Waals surface area contributed by atoms with Crippen molar-refractivity contribution in [3.05, 3.63) is 35.4 Å².